The van der Waals surface area contributed by atoms with Crippen LogP contribution in [0.1, 0.15) is 38.5 Å². The van der Waals surface area contributed by atoms with Crippen LogP contribution < -0.4 is 5.32 Å². The van der Waals surface area contributed by atoms with E-state index >= 15 is 0 Å². The van der Waals surface area contributed by atoms with E-state index in [0.717, 1.165) is 27.8 Å². The van der Waals surface area contributed by atoms with E-state index in [1.165, 1.54) is 0 Å². The molecular formula is C22H20N6O3. The molecule has 1 aromatic carbocycles. The van der Waals surface area contributed by atoms with E-state index in [9.17, 15) is 14.7 Å². The second kappa shape index (κ2) is 7.35. The van der Waals surface area contributed by atoms with E-state index in [1.54, 1.807) is 35.6 Å². The SMILES string of the molecule is Cc1ccc2c(c1)c(C(=O)O)c1n2CC(NC(=O)c2ccc(-n3cnnc3)cn2)CC1. The van der Waals surface area contributed by atoms with Gasteiger partial charge < -0.3 is 15.0 Å². The van der Waals surface area contributed by atoms with Crippen LogP contribution in [0.2, 0.25) is 0 Å². The lowest BCUT2D eigenvalue weighted by molar-refractivity contribution is 0.0696. The van der Waals surface area contributed by atoms with Crippen molar-refractivity contribution in [1.82, 2.24) is 29.6 Å². The highest BCUT2D eigenvalue weighted by atomic mass is 16.4. The molecule has 31 heavy (non-hydrogen) atoms. The van der Waals surface area contributed by atoms with Gasteiger partial charge in [0.05, 0.1) is 17.4 Å². The summed E-state index contributed by atoms with van der Waals surface area (Å²) in [6.07, 6.45) is 5.97. The number of fused-ring (bicyclic) bond motifs is 3. The third-order valence-corrected chi connectivity index (χ3v) is 5.71. The molecule has 156 valence electrons. The van der Waals surface area contributed by atoms with Gasteiger partial charge in [-0.2, -0.15) is 0 Å². The maximum atomic E-state index is 12.7. The first-order chi connectivity index (χ1) is 15.0. The van der Waals surface area contributed by atoms with Gasteiger partial charge in [0, 0.05) is 29.2 Å². The zero-order valence-corrected chi connectivity index (χ0v) is 16.8. The third kappa shape index (κ3) is 3.33. The number of carbonyl (C=O) groups is 2. The highest BCUT2D eigenvalue weighted by Gasteiger charge is 2.28. The zero-order valence-electron chi connectivity index (χ0n) is 16.8. The molecule has 5 rings (SSSR count). The Morgan fingerprint density at radius 1 is 1.16 bits per heavy atom. The van der Waals surface area contributed by atoms with Crippen LogP contribution in [0.3, 0.4) is 0 Å². The topological polar surface area (TPSA) is 115 Å². The number of carboxylic acid groups (broad SMARTS) is 1. The molecule has 0 radical (unpaired) electrons. The molecule has 4 heterocycles. The zero-order chi connectivity index (χ0) is 21.5. The lowest BCUT2D eigenvalue weighted by Gasteiger charge is -2.26. The van der Waals surface area contributed by atoms with Crippen LogP contribution in [0.15, 0.2) is 49.2 Å². The molecule has 1 unspecified atom stereocenters. The number of amides is 1. The molecule has 2 N–H and O–H groups in total. The average Bonchev–Trinajstić information content (AvgIpc) is 3.39. The number of pyridine rings is 1. The van der Waals surface area contributed by atoms with Crippen LogP contribution in [0.4, 0.5) is 0 Å². The number of rotatable bonds is 4. The molecule has 1 aliphatic heterocycles. The Hall–Kier alpha value is -4.01. The van der Waals surface area contributed by atoms with Gasteiger partial charge in [-0.3, -0.25) is 9.36 Å². The van der Waals surface area contributed by atoms with Gasteiger partial charge in [-0.15, -0.1) is 10.2 Å². The minimum atomic E-state index is -0.913. The van der Waals surface area contributed by atoms with Gasteiger partial charge in [0.15, 0.2) is 0 Å². The van der Waals surface area contributed by atoms with E-state index in [1.807, 2.05) is 29.7 Å². The quantitative estimate of drug-likeness (QED) is 0.528. The Bertz CT molecular complexity index is 1290. The van der Waals surface area contributed by atoms with Crippen LogP contribution >= 0.6 is 0 Å². The first kappa shape index (κ1) is 19.0. The molecule has 1 aliphatic rings. The van der Waals surface area contributed by atoms with Crippen molar-refractivity contribution in [3.63, 3.8) is 0 Å². The Kier molecular flexibility index (Phi) is 4.50. The van der Waals surface area contributed by atoms with E-state index in [-0.39, 0.29) is 11.9 Å². The summed E-state index contributed by atoms with van der Waals surface area (Å²) in [5, 5.41) is 21.1. The van der Waals surface area contributed by atoms with Crippen molar-refractivity contribution in [3.05, 3.63) is 71.7 Å². The van der Waals surface area contributed by atoms with E-state index in [2.05, 4.69) is 20.5 Å². The fourth-order valence-electron chi connectivity index (χ4n) is 4.24. The Morgan fingerprint density at radius 3 is 2.68 bits per heavy atom. The van der Waals surface area contributed by atoms with Gasteiger partial charge in [0.2, 0.25) is 0 Å². The molecule has 0 spiro atoms. The number of aromatic nitrogens is 5. The third-order valence-electron chi connectivity index (χ3n) is 5.71. The Balaban J connectivity index is 1.37. The second-order valence-electron chi connectivity index (χ2n) is 7.74. The summed E-state index contributed by atoms with van der Waals surface area (Å²) in [5.74, 6) is -1.17. The minimum absolute atomic E-state index is 0.113. The van der Waals surface area contributed by atoms with E-state index < -0.39 is 5.97 Å². The molecule has 1 amide bonds. The molecule has 3 aromatic heterocycles. The smallest absolute Gasteiger partial charge is 0.338 e. The van der Waals surface area contributed by atoms with Crippen LogP contribution in [0, 0.1) is 6.92 Å². The second-order valence-corrected chi connectivity index (χ2v) is 7.74. The standard InChI is InChI=1S/C22H20N6O3/c1-13-2-6-18-16(8-13)20(22(30)31)19-7-3-14(10-28(18)19)26-21(29)17-5-4-15(9-23-17)27-11-24-25-12-27/h2,4-6,8-9,11-12,14H,3,7,10H2,1H3,(H,26,29)(H,30,31). The number of benzene rings is 1. The molecule has 0 saturated heterocycles. The maximum absolute atomic E-state index is 12.7. The van der Waals surface area contributed by atoms with Crippen molar-refractivity contribution in [3.8, 4) is 5.69 Å². The van der Waals surface area contributed by atoms with Crippen molar-refractivity contribution in [2.24, 2.45) is 0 Å². The number of hydrogen-bond acceptors (Lipinski definition) is 5. The number of aryl methyl sites for hydroxylation is 1. The van der Waals surface area contributed by atoms with Gasteiger partial charge in [-0.25, -0.2) is 9.78 Å². The van der Waals surface area contributed by atoms with Crippen LogP contribution in [0.25, 0.3) is 16.6 Å². The predicted octanol–water partition coefficient (Wildman–Crippen LogP) is 2.37. The highest BCUT2D eigenvalue weighted by molar-refractivity contribution is 6.05. The van der Waals surface area contributed by atoms with Gasteiger partial charge >= 0.3 is 5.97 Å². The van der Waals surface area contributed by atoms with Crippen LogP contribution in [0.5, 0.6) is 0 Å². The lowest BCUT2D eigenvalue weighted by Crippen LogP contribution is -2.41. The van der Waals surface area contributed by atoms with Crippen molar-refractivity contribution < 1.29 is 14.7 Å². The molecule has 0 aliphatic carbocycles. The fourth-order valence-corrected chi connectivity index (χ4v) is 4.24. The summed E-state index contributed by atoms with van der Waals surface area (Å²) in [7, 11) is 0. The Labute approximate surface area is 177 Å². The van der Waals surface area contributed by atoms with Crippen LogP contribution in [-0.4, -0.2) is 47.3 Å². The first-order valence-corrected chi connectivity index (χ1v) is 9.98. The predicted molar refractivity (Wildman–Crippen MR) is 112 cm³/mol. The van der Waals surface area contributed by atoms with Crippen molar-refractivity contribution in [2.75, 3.05) is 0 Å². The minimum Gasteiger partial charge on any atom is -0.478 e. The van der Waals surface area contributed by atoms with Crippen molar-refractivity contribution >= 4 is 22.8 Å². The van der Waals surface area contributed by atoms with E-state index in [4.69, 9.17) is 0 Å². The monoisotopic (exact) mass is 416 g/mol. The molecule has 9 heteroatoms. The Morgan fingerprint density at radius 2 is 1.97 bits per heavy atom. The highest BCUT2D eigenvalue weighted by Crippen LogP contribution is 2.31. The van der Waals surface area contributed by atoms with Crippen molar-refractivity contribution in [1.29, 1.82) is 0 Å². The average molecular weight is 416 g/mol. The van der Waals surface area contributed by atoms with E-state index in [0.29, 0.717) is 30.6 Å². The van der Waals surface area contributed by atoms with Crippen molar-refractivity contribution in [2.45, 2.75) is 32.4 Å². The molecule has 9 nitrogen and oxygen atoms in total. The largest absolute Gasteiger partial charge is 0.478 e. The molecular weight excluding hydrogens is 396 g/mol. The number of hydrogen-bond donors (Lipinski definition) is 2. The molecule has 0 fully saturated rings. The fraction of sp³-hybridized carbons (Fsp3) is 0.227. The molecule has 0 saturated carbocycles. The maximum Gasteiger partial charge on any atom is 0.338 e. The normalized spacial score (nSPS) is 15.6. The number of nitrogens with zero attached hydrogens (tertiary/aromatic N) is 5. The summed E-state index contributed by atoms with van der Waals surface area (Å²) in [5.41, 5.74) is 4.17. The number of nitrogens with one attached hydrogen (secondary N) is 1. The number of aromatic carboxylic acids is 1. The first-order valence-electron chi connectivity index (χ1n) is 9.98. The lowest BCUT2D eigenvalue weighted by atomic mass is 10.0. The van der Waals surface area contributed by atoms with Gasteiger partial charge in [0.1, 0.15) is 18.3 Å². The molecule has 0 bridgehead atoms. The summed E-state index contributed by atoms with van der Waals surface area (Å²) in [6, 6.07) is 9.18. The summed E-state index contributed by atoms with van der Waals surface area (Å²) in [4.78, 5) is 28.9. The van der Waals surface area contributed by atoms with Gasteiger partial charge in [-0.05, 0) is 44.0 Å². The molecule has 1 atom stereocenters. The van der Waals surface area contributed by atoms with Gasteiger partial charge in [-0.1, -0.05) is 11.6 Å². The molecule has 4 aromatic rings. The number of carbonyl (C=O) groups excluding carboxylic acids is 1. The summed E-state index contributed by atoms with van der Waals surface area (Å²) >= 11 is 0. The summed E-state index contributed by atoms with van der Waals surface area (Å²) in [6.45, 7) is 2.47. The summed E-state index contributed by atoms with van der Waals surface area (Å²) < 4.78 is 3.73. The number of carboxylic acids is 1. The van der Waals surface area contributed by atoms with Crippen LogP contribution in [-0.2, 0) is 13.0 Å². The van der Waals surface area contributed by atoms with Gasteiger partial charge in [0.25, 0.3) is 5.91 Å².